The highest BCUT2D eigenvalue weighted by Crippen LogP contribution is 2.38. The molecule has 0 aromatic heterocycles. The number of halogens is 2. The first-order valence-corrected chi connectivity index (χ1v) is 10.6. The van der Waals surface area contributed by atoms with Gasteiger partial charge in [0, 0.05) is 39.8 Å². The molecule has 1 aliphatic heterocycles. The Morgan fingerprint density at radius 3 is 1.83 bits per heavy atom. The van der Waals surface area contributed by atoms with Crippen LogP contribution in [0.5, 0.6) is 0 Å². The highest BCUT2D eigenvalue weighted by molar-refractivity contribution is 5.32. The number of ether oxygens (including phenoxy) is 1. The minimum Gasteiger partial charge on any atom is -0.384 e. The quantitative estimate of drug-likeness (QED) is 0.655. The van der Waals surface area contributed by atoms with Crippen molar-refractivity contribution in [3.8, 4) is 0 Å². The van der Waals surface area contributed by atoms with Gasteiger partial charge < -0.3 is 9.64 Å². The van der Waals surface area contributed by atoms with Crippen molar-refractivity contribution < 1.29 is 13.5 Å². The molecule has 0 radical (unpaired) electrons. The number of methoxy groups -OCH3 is 1. The molecule has 5 heteroatoms. The summed E-state index contributed by atoms with van der Waals surface area (Å²) in [6, 6.07) is 13.4. The van der Waals surface area contributed by atoms with Gasteiger partial charge in [-0.25, -0.2) is 8.78 Å². The molecule has 2 aliphatic rings. The van der Waals surface area contributed by atoms with Crippen LogP contribution in [0.1, 0.15) is 30.0 Å². The molecule has 1 atom stereocenters. The van der Waals surface area contributed by atoms with E-state index in [-0.39, 0.29) is 17.7 Å². The van der Waals surface area contributed by atoms with E-state index in [1.54, 1.807) is 7.11 Å². The number of rotatable bonds is 8. The topological polar surface area (TPSA) is 15.7 Å². The molecule has 2 aromatic carbocycles. The van der Waals surface area contributed by atoms with Gasteiger partial charge in [-0.05, 0) is 60.1 Å². The van der Waals surface area contributed by atoms with Gasteiger partial charge in [0.05, 0.1) is 12.6 Å². The molecule has 0 N–H and O–H groups in total. The maximum absolute atomic E-state index is 13.5. The predicted molar refractivity (Wildman–Crippen MR) is 111 cm³/mol. The van der Waals surface area contributed by atoms with Crippen LogP contribution in [0.15, 0.2) is 48.5 Å². The van der Waals surface area contributed by atoms with Crippen molar-refractivity contribution in [3.63, 3.8) is 0 Å². The molecule has 1 saturated carbocycles. The van der Waals surface area contributed by atoms with Crippen LogP contribution in [0.2, 0.25) is 0 Å². The van der Waals surface area contributed by atoms with Crippen LogP contribution in [0, 0.1) is 23.5 Å². The Hall–Kier alpha value is -1.82. The summed E-state index contributed by atoms with van der Waals surface area (Å²) < 4.78 is 32.4. The Morgan fingerprint density at radius 2 is 1.38 bits per heavy atom. The molecular weight excluding hydrogens is 370 g/mol. The highest BCUT2D eigenvalue weighted by atomic mass is 19.1. The van der Waals surface area contributed by atoms with Gasteiger partial charge in [0.2, 0.25) is 0 Å². The lowest BCUT2D eigenvalue weighted by molar-refractivity contribution is 0.0686. The maximum atomic E-state index is 13.5. The zero-order valence-corrected chi connectivity index (χ0v) is 17.1. The monoisotopic (exact) mass is 400 g/mol. The van der Waals surface area contributed by atoms with E-state index in [4.69, 9.17) is 4.74 Å². The third-order valence-corrected chi connectivity index (χ3v) is 6.31. The van der Waals surface area contributed by atoms with Crippen molar-refractivity contribution in [1.29, 1.82) is 0 Å². The Kier molecular flexibility index (Phi) is 6.58. The van der Waals surface area contributed by atoms with Crippen LogP contribution in [-0.4, -0.2) is 56.2 Å². The molecule has 1 unspecified atom stereocenters. The minimum absolute atomic E-state index is 0.0107. The smallest absolute Gasteiger partial charge is 0.123 e. The van der Waals surface area contributed by atoms with Crippen molar-refractivity contribution in [1.82, 2.24) is 9.80 Å². The number of nitrogens with zero attached hydrogens (tertiary/aromatic N) is 2. The van der Waals surface area contributed by atoms with Gasteiger partial charge in [0.15, 0.2) is 0 Å². The largest absolute Gasteiger partial charge is 0.384 e. The first kappa shape index (κ1) is 20.5. The molecule has 29 heavy (non-hydrogen) atoms. The second kappa shape index (κ2) is 9.33. The van der Waals surface area contributed by atoms with Crippen molar-refractivity contribution in [2.75, 3.05) is 46.4 Å². The zero-order chi connectivity index (χ0) is 20.2. The van der Waals surface area contributed by atoms with Crippen LogP contribution in [0.4, 0.5) is 8.78 Å². The molecule has 0 bridgehead atoms. The Balaban J connectivity index is 1.46. The summed E-state index contributed by atoms with van der Waals surface area (Å²) >= 11 is 0. The lowest BCUT2D eigenvalue weighted by Crippen LogP contribution is -2.49. The predicted octanol–water partition coefficient (Wildman–Crippen LogP) is 4.34. The highest BCUT2D eigenvalue weighted by Gasteiger charge is 2.34. The van der Waals surface area contributed by atoms with Crippen molar-refractivity contribution in [2.45, 2.75) is 18.9 Å². The molecule has 156 valence electrons. The van der Waals surface area contributed by atoms with Crippen molar-refractivity contribution in [3.05, 3.63) is 71.3 Å². The number of hydrogen-bond donors (Lipinski definition) is 0. The summed E-state index contributed by atoms with van der Waals surface area (Å²) in [4.78, 5) is 4.98. The lowest BCUT2D eigenvalue weighted by Gasteiger charge is -2.40. The summed E-state index contributed by atoms with van der Waals surface area (Å²) in [5.74, 6) is 0.997. The molecule has 0 spiro atoms. The fourth-order valence-corrected chi connectivity index (χ4v) is 4.56. The van der Waals surface area contributed by atoms with Crippen LogP contribution in [0.25, 0.3) is 0 Å². The summed E-state index contributed by atoms with van der Waals surface area (Å²) in [7, 11) is 1.79. The number of hydrogen-bond acceptors (Lipinski definition) is 3. The summed E-state index contributed by atoms with van der Waals surface area (Å²) in [5, 5.41) is 0. The average Bonchev–Trinajstić information content (AvgIpc) is 3.57. The van der Waals surface area contributed by atoms with E-state index in [0.717, 1.165) is 56.4 Å². The minimum atomic E-state index is -0.235. The van der Waals surface area contributed by atoms with E-state index in [2.05, 4.69) is 9.80 Å². The molecule has 1 heterocycles. The van der Waals surface area contributed by atoms with Gasteiger partial charge in [-0.3, -0.25) is 4.90 Å². The zero-order valence-electron chi connectivity index (χ0n) is 17.1. The number of benzene rings is 2. The van der Waals surface area contributed by atoms with Crippen LogP contribution in [0.3, 0.4) is 0 Å². The van der Waals surface area contributed by atoms with Crippen LogP contribution >= 0.6 is 0 Å². The standard InChI is InChI=1S/C24H30F2N2O/c1-29-17-21(18-2-3-18)16-27-12-14-28(15-13-27)24(19-4-8-22(25)9-5-19)20-6-10-23(26)11-7-20/h4-11,18,21,24H,2-3,12-17H2,1H3. The van der Waals surface area contributed by atoms with Crippen molar-refractivity contribution >= 4 is 0 Å². The van der Waals surface area contributed by atoms with Crippen molar-refractivity contribution in [2.24, 2.45) is 11.8 Å². The molecule has 1 aliphatic carbocycles. The van der Waals surface area contributed by atoms with E-state index in [0.29, 0.717) is 5.92 Å². The molecular formula is C24H30F2N2O. The average molecular weight is 401 g/mol. The second-order valence-electron chi connectivity index (χ2n) is 8.40. The van der Waals surface area contributed by atoms with Gasteiger partial charge in [-0.1, -0.05) is 24.3 Å². The Bertz CT molecular complexity index is 723. The third kappa shape index (κ3) is 5.21. The maximum Gasteiger partial charge on any atom is 0.123 e. The van der Waals surface area contributed by atoms with Gasteiger partial charge in [0.1, 0.15) is 11.6 Å². The first-order chi connectivity index (χ1) is 14.1. The lowest BCUT2D eigenvalue weighted by atomic mass is 9.96. The van der Waals surface area contributed by atoms with E-state index >= 15 is 0 Å². The molecule has 4 rings (SSSR count). The Labute approximate surface area is 172 Å². The third-order valence-electron chi connectivity index (χ3n) is 6.31. The van der Waals surface area contributed by atoms with E-state index in [1.165, 1.54) is 37.1 Å². The SMILES string of the molecule is COCC(CN1CCN(C(c2ccc(F)cc2)c2ccc(F)cc2)CC1)C1CC1. The van der Waals surface area contributed by atoms with E-state index in [1.807, 2.05) is 24.3 Å². The first-order valence-electron chi connectivity index (χ1n) is 10.6. The van der Waals surface area contributed by atoms with E-state index in [9.17, 15) is 8.78 Å². The fraction of sp³-hybridized carbons (Fsp3) is 0.500. The van der Waals surface area contributed by atoms with E-state index < -0.39 is 0 Å². The molecule has 0 amide bonds. The summed E-state index contributed by atoms with van der Waals surface area (Å²) in [5.41, 5.74) is 2.09. The number of piperazine rings is 1. The van der Waals surface area contributed by atoms with Gasteiger partial charge in [0.25, 0.3) is 0 Å². The molecule has 1 saturated heterocycles. The van der Waals surface area contributed by atoms with Crippen LogP contribution in [-0.2, 0) is 4.74 Å². The summed E-state index contributed by atoms with van der Waals surface area (Å²) in [6.07, 6.45) is 2.68. The van der Waals surface area contributed by atoms with Gasteiger partial charge in [-0.15, -0.1) is 0 Å². The van der Waals surface area contributed by atoms with Gasteiger partial charge in [-0.2, -0.15) is 0 Å². The van der Waals surface area contributed by atoms with Crippen LogP contribution < -0.4 is 0 Å². The molecule has 2 fully saturated rings. The summed E-state index contributed by atoms with van der Waals surface area (Å²) in [6.45, 7) is 5.83. The Morgan fingerprint density at radius 1 is 0.862 bits per heavy atom. The second-order valence-corrected chi connectivity index (χ2v) is 8.40. The molecule has 3 nitrogen and oxygen atoms in total. The normalized spacial score (nSPS) is 19.6. The van der Waals surface area contributed by atoms with Gasteiger partial charge >= 0.3 is 0 Å². The molecule has 2 aromatic rings. The fourth-order valence-electron chi connectivity index (χ4n) is 4.56.